The lowest BCUT2D eigenvalue weighted by molar-refractivity contribution is -0.143. The van der Waals surface area contributed by atoms with Crippen LogP contribution in [0.5, 0.6) is 23.0 Å². The Hall–Kier alpha value is -4.78. The molecule has 2 aliphatic carbocycles. The lowest BCUT2D eigenvalue weighted by Gasteiger charge is -2.21. The highest BCUT2D eigenvalue weighted by molar-refractivity contribution is 6.32. The van der Waals surface area contributed by atoms with Crippen LogP contribution in [0.1, 0.15) is 61.3 Å². The molecule has 2 N–H and O–H groups in total. The number of aliphatic carboxylic acids is 1. The van der Waals surface area contributed by atoms with Crippen LogP contribution in [0.15, 0.2) is 77.9 Å². The predicted molar refractivity (Wildman–Crippen MR) is 187 cm³/mol. The van der Waals surface area contributed by atoms with E-state index in [-0.39, 0.29) is 18.5 Å². The zero-order valence-electron chi connectivity index (χ0n) is 27.6. The third kappa shape index (κ3) is 7.99. The van der Waals surface area contributed by atoms with Gasteiger partial charge in [-0.15, -0.1) is 0 Å². The van der Waals surface area contributed by atoms with Crippen molar-refractivity contribution in [3.05, 3.63) is 105 Å². The van der Waals surface area contributed by atoms with Gasteiger partial charge in [0.1, 0.15) is 37.4 Å². The summed E-state index contributed by atoms with van der Waals surface area (Å²) in [5.74, 6) is -0.688. The number of ether oxygens (including phenoxy) is 4. The number of nitriles is 1. The Balaban J connectivity index is 1.25. The number of aliphatic hydroxyl groups is 1. The minimum absolute atomic E-state index is 0.136. The van der Waals surface area contributed by atoms with Gasteiger partial charge >= 0.3 is 5.97 Å². The minimum Gasteiger partial charge on any atom is -0.488 e. The number of allylic oxidation sites excluding steroid dienone is 4. The summed E-state index contributed by atoms with van der Waals surface area (Å²) < 4.78 is 39.8. The van der Waals surface area contributed by atoms with Crippen molar-refractivity contribution < 1.29 is 38.3 Å². The maximum atomic E-state index is 15.7. The molecule has 3 aromatic carbocycles. The Morgan fingerprint density at radius 3 is 2.78 bits per heavy atom. The number of fused-ring (bicyclic) bond motifs is 2. The normalized spacial score (nSPS) is 19.8. The number of hydrogen-bond donors (Lipinski definition) is 2. The van der Waals surface area contributed by atoms with E-state index in [1.54, 1.807) is 18.2 Å². The summed E-state index contributed by atoms with van der Waals surface area (Å²) in [6, 6.07) is 15.1. The molecule has 6 rings (SSSR count). The van der Waals surface area contributed by atoms with E-state index in [2.05, 4.69) is 12.1 Å². The largest absolute Gasteiger partial charge is 0.488 e. The highest BCUT2D eigenvalue weighted by Gasteiger charge is 2.30. The van der Waals surface area contributed by atoms with Crippen LogP contribution in [0.25, 0.3) is 11.1 Å². The summed E-state index contributed by atoms with van der Waals surface area (Å²) in [7, 11) is 0. The topological polar surface area (TPSA) is 118 Å². The molecule has 2 atom stereocenters. The molecule has 1 heterocycles. The number of carbonyl (C=O) groups is 1. The third-order valence-corrected chi connectivity index (χ3v) is 9.55. The monoisotopic (exact) mass is 699 g/mol. The molecule has 1 aliphatic heterocycles. The van der Waals surface area contributed by atoms with E-state index in [1.165, 1.54) is 0 Å². The van der Waals surface area contributed by atoms with Crippen molar-refractivity contribution >= 4 is 17.6 Å². The van der Waals surface area contributed by atoms with Gasteiger partial charge in [-0.3, -0.25) is 4.79 Å². The van der Waals surface area contributed by atoms with Crippen molar-refractivity contribution in [3.63, 3.8) is 0 Å². The van der Waals surface area contributed by atoms with Crippen molar-refractivity contribution in [1.29, 1.82) is 5.26 Å². The second-order valence-electron chi connectivity index (χ2n) is 12.6. The first kappa shape index (κ1) is 35.1. The molecular weight excluding hydrogens is 661 g/mol. The third-order valence-electron chi connectivity index (χ3n) is 9.25. The fraction of sp³-hybridized carbons (Fsp3) is 0.350. The Labute approximate surface area is 296 Å². The Morgan fingerprint density at radius 1 is 1.10 bits per heavy atom. The Kier molecular flexibility index (Phi) is 11.4. The van der Waals surface area contributed by atoms with Crippen molar-refractivity contribution in [2.45, 2.75) is 57.5 Å². The van der Waals surface area contributed by atoms with Crippen molar-refractivity contribution in [2.24, 2.45) is 5.92 Å². The van der Waals surface area contributed by atoms with E-state index < -0.39 is 24.3 Å². The van der Waals surface area contributed by atoms with Crippen molar-refractivity contribution in [3.8, 4) is 40.2 Å². The van der Waals surface area contributed by atoms with E-state index in [9.17, 15) is 20.3 Å². The number of carboxylic acid groups (broad SMARTS) is 1. The number of nitrogens with zero attached hydrogens (tertiary/aromatic N) is 1. The molecule has 0 fully saturated rings. The smallest absolute Gasteiger partial charge is 0.308 e. The minimum atomic E-state index is -1.01. The lowest BCUT2D eigenvalue weighted by Crippen LogP contribution is -2.17. The van der Waals surface area contributed by atoms with E-state index in [4.69, 9.17) is 30.5 Å². The van der Waals surface area contributed by atoms with Crippen LogP contribution >= 0.6 is 11.6 Å². The maximum Gasteiger partial charge on any atom is 0.308 e. The molecule has 0 spiro atoms. The molecule has 50 heavy (non-hydrogen) atoms. The molecule has 0 aromatic heterocycles. The van der Waals surface area contributed by atoms with Gasteiger partial charge in [0.15, 0.2) is 17.3 Å². The van der Waals surface area contributed by atoms with E-state index >= 15 is 4.39 Å². The molecule has 0 bridgehead atoms. The van der Waals surface area contributed by atoms with Crippen molar-refractivity contribution in [2.75, 3.05) is 26.4 Å². The zero-order chi connectivity index (χ0) is 35.0. The molecule has 3 aliphatic rings. The second kappa shape index (κ2) is 16.3. The van der Waals surface area contributed by atoms with Gasteiger partial charge in [0.25, 0.3) is 0 Å². The predicted octanol–water partition coefficient (Wildman–Crippen LogP) is 8.49. The number of unbranched alkanes of at least 4 members (excludes halogenated alkanes) is 1. The molecule has 0 radical (unpaired) electrons. The maximum absolute atomic E-state index is 15.7. The molecule has 0 saturated heterocycles. The number of benzene rings is 3. The summed E-state index contributed by atoms with van der Waals surface area (Å²) >= 11 is 6.84. The van der Waals surface area contributed by atoms with Crippen LogP contribution in [0.2, 0.25) is 5.02 Å². The van der Waals surface area contributed by atoms with Gasteiger partial charge in [-0.1, -0.05) is 54.4 Å². The molecule has 10 heteroatoms. The van der Waals surface area contributed by atoms with Gasteiger partial charge < -0.3 is 29.2 Å². The standard InChI is InChI=1S/C40H39ClFNO7/c41-33-20-27(9-4-5-10-28(23-44)40(45)46)36(49-24-26-8-3-1-2-7-25(19-26)22-43)21-37(33)50-34-15-13-30-29(11-6-12-31(30)34)32-14-16-35-39(38(32)42)48-18-17-47-35/h3,6-8,11-12,14,16,19-21,28,34,44H,1-2,4-5,9-10,13,15,17-18,23-24H2,(H,45,46)/b8-3-,25-7+,26-19+/t28-,34+/m1/s1. The van der Waals surface area contributed by atoms with Gasteiger partial charge in [0, 0.05) is 17.2 Å². The van der Waals surface area contributed by atoms with E-state index in [1.807, 2.05) is 42.5 Å². The van der Waals surface area contributed by atoms with Crippen LogP contribution in [-0.2, 0) is 17.6 Å². The molecule has 8 nitrogen and oxygen atoms in total. The number of halogens is 2. The van der Waals surface area contributed by atoms with Crippen LogP contribution in [0.4, 0.5) is 4.39 Å². The summed E-state index contributed by atoms with van der Waals surface area (Å²) in [5, 5.41) is 28.7. The number of carboxylic acids is 1. The van der Waals surface area contributed by atoms with E-state index in [0.29, 0.717) is 85.1 Å². The van der Waals surface area contributed by atoms with Crippen molar-refractivity contribution in [1.82, 2.24) is 0 Å². The quantitative estimate of drug-likeness (QED) is 0.171. The molecule has 0 unspecified atom stereocenters. The van der Waals surface area contributed by atoms with Gasteiger partial charge in [-0.2, -0.15) is 5.26 Å². The molecule has 0 amide bonds. The van der Waals surface area contributed by atoms with Gasteiger partial charge in [-0.25, -0.2) is 4.39 Å². The van der Waals surface area contributed by atoms with Gasteiger partial charge in [0.05, 0.1) is 23.6 Å². The molecular formula is C40H39ClFNO7. The summed E-state index contributed by atoms with van der Waals surface area (Å²) in [6.07, 6.45) is 12.6. The molecule has 3 aromatic rings. The molecule has 0 saturated carbocycles. The summed E-state index contributed by atoms with van der Waals surface area (Å²) in [5.41, 5.74) is 5.46. The average molecular weight is 700 g/mol. The Morgan fingerprint density at radius 2 is 1.96 bits per heavy atom. The number of aliphatic hydroxyl groups excluding tert-OH is 1. The second-order valence-corrected chi connectivity index (χ2v) is 13.0. The van der Waals surface area contributed by atoms with Crippen LogP contribution < -0.4 is 18.9 Å². The van der Waals surface area contributed by atoms with Gasteiger partial charge in [0.2, 0.25) is 0 Å². The van der Waals surface area contributed by atoms with E-state index in [0.717, 1.165) is 40.7 Å². The molecule has 260 valence electrons. The fourth-order valence-electron chi connectivity index (χ4n) is 6.63. The first-order chi connectivity index (χ1) is 24.4. The Bertz CT molecular complexity index is 1880. The fourth-order valence-corrected chi connectivity index (χ4v) is 6.87. The van der Waals surface area contributed by atoms with Crippen LogP contribution in [-0.4, -0.2) is 42.6 Å². The average Bonchev–Trinajstić information content (AvgIpc) is 3.52. The number of hydrogen-bond acceptors (Lipinski definition) is 7. The lowest BCUT2D eigenvalue weighted by atomic mass is 9.96. The SMILES string of the molecule is N#CC1=C/CC\C=C/C(COc2cc(O[C@H]3CCc4c(-c5ccc6c(c5F)OCCO6)cccc43)c(Cl)cc2CCCC[C@H](CO)C(=O)O)=C\1. The first-order valence-corrected chi connectivity index (χ1v) is 17.4. The summed E-state index contributed by atoms with van der Waals surface area (Å²) in [6.45, 7) is 0.489. The zero-order valence-corrected chi connectivity index (χ0v) is 28.4. The van der Waals surface area contributed by atoms with Crippen LogP contribution in [0, 0.1) is 23.1 Å². The number of aryl methyl sites for hydroxylation is 1. The highest BCUT2D eigenvalue weighted by atomic mass is 35.5. The first-order valence-electron chi connectivity index (χ1n) is 17.0. The number of rotatable bonds is 13. The summed E-state index contributed by atoms with van der Waals surface area (Å²) in [4.78, 5) is 11.4. The van der Waals surface area contributed by atoms with Crippen LogP contribution in [0.3, 0.4) is 0 Å². The van der Waals surface area contributed by atoms with Gasteiger partial charge in [-0.05, 0) is 97.0 Å². The highest BCUT2D eigenvalue weighted by Crippen LogP contribution is 2.45.